The highest BCUT2D eigenvalue weighted by Crippen LogP contribution is 2.36. The number of rotatable bonds is 4. The number of hydrogen-bond acceptors (Lipinski definition) is 0. The molecular formula is C32H26N2. The quantitative estimate of drug-likeness (QED) is 0.261. The Balaban J connectivity index is 1.61. The lowest BCUT2D eigenvalue weighted by Crippen LogP contribution is -1.96. The van der Waals surface area contributed by atoms with Crippen LogP contribution in [0.3, 0.4) is 0 Å². The van der Waals surface area contributed by atoms with Crippen molar-refractivity contribution < 1.29 is 0 Å². The fraction of sp³-hybridized carbons (Fsp3) is 0.0625. The lowest BCUT2D eigenvalue weighted by molar-refractivity contribution is 1.01. The molecule has 0 atom stereocenters. The predicted molar refractivity (Wildman–Crippen MR) is 147 cm³/mol. The van der Waals surface area contributed by atoms with Crippen LogP contribution in [0, 0.1) is 0 Å². The molecule has 0 fully saturated rings. The molecule has 0 spiro atoms. The van der Waals surface area contributed by atoms with Gasteiger partial charge >= 0.3 is 0 Å². The van der Waals surface area contributed by atoms with Crippen LogP contribution < -0.4 is 0 Å². The predicted octanol–water partition coefficient (Wildman–Crippen LogP) is 8.62. The highest BCUT2D eigenvalue weighted by Gasteiger charge is 2.16. The third kappa shape index (κ3) is 2.96. The van der Waals surface area contributed by atoms with Gasteiger partial charge in [0.1, 0.15) is 0 Å². The second-order valence-corrected chi connectivity index (χ2v) is 8.71. The normalized spacial score (nSPS) is 11.8. The third-order valence-electron chi connectivity index (χ3n) is 6.83. The molecule has 4 aromatic carbocycles. The summed E-state index contributed by atoms with van der Waals surface area (Å²) in [6, 6.07) is 32.7. The fourth-order valence-electron chi connectivity index (χ4n) is 5.26. The first-order valence-corrected chi connectivity index (χ1v) is 11.7. The Morgan fingerprint density at radius 1 is 0.676 bits per heavy atom. The minimum atomic E-state index is 1.11. The molecular weight excluding hydrogens is 412 g/mol. The maximum absolute atomic E-state index is 4.14. The van der Waals surface area contributed by atoms with Gasteiger partial charge in [0.25, 0.3) is 0 Å². The average Bonchev–Trinajstić information content (AvgIpc) is 3.36. The molecule has 0 aliphatic carbocycles. The van der Waals surface area contributed by atoms with E-state index in [1.54, 1.807) is 0 Å². The molecule has 6 rings (SSSR count). The van der Waals surface area contributed by atoms with Crippen molar-refractivity contribution in [3.8, 4) is 16.8 Å². The van der Waals surface area contributed by atoms with E-state index in [2.05, 4.69) is 133 Å². The highest BCUT2D eigenvalue weighted by atomic mass is 15.0. The Morgan fingerprint density at radius 2 is 1.32 bits per heavy atom. The highest BCUT2D eigenvalue weighted by molar-refractivity contribution is 6.09. The molecule has 2 aromatic heterocycles. The molecule has 0 aliphatic rings. The molecule has 2 heteroatoms. The molecule has 0 radical (unpaired) electrons. The number of hydrogen-bond donors (Lipinski definition) is 0. The van der Waals surface area contributed by atoms with Crippen molar-refractivity contribution in [1.29, 1.82) is 0 Å². The molecule has 0 bridgehead atoms. The molecule has 2 heterocycles. The van der Waals surface area contributed by atoms with Crippen LogP contribution in [0.4, 0.5) is 0 Å². The number of aromatic nitrogens is 2. The van der Waals surface area contributed by atoms with E-state index < -0.39 is 0 Å². The zero-order valence-corrected chi connectivity index (χ0v) is 19.5. The summed E-state index contributed by atoms with van der Waals surface area (Å²) in [5, 5.41) is 3.81. The van der Waals surface area contributed by atoms with Crippen LogP contribution in [0.2, 0.25) is 0 Å². The summed E-state index contributed by atoms with van der Waals surface area (Å²) in [5.74, 6) is 0. The summed E-state index contributed by atoms with van der Waals surface area (Å²) in [4.78, 5) is 0. The molecule has 0 saturated heterocycles. The minimum Gasteiger partial charge on any atom is -0.344 e. The van der Waals surface area contributed by atoms with Gasteiger partial charge in [-0.15, -0.1) is 0 Å². The monoisotopic (exact) mass is 438 g/mol. The van der Waals surface area contributed by atoms with Gasteiger partial charge in [0.15, 0.2) is 0 Å². The molecule has 2 nitrogen and oxygen atoms in total. The van der Waals surface area contributed by atoms with Gasteiger partial charge < -0.3 is 9.13 Å². The molecule has 0 N–H and O–H groups in total. The smallest absolute Gasteiger partial charge is 0.0541 e. The molecule has 164 valence electrons. The zero-order chi connectivity index (χ0) is 23.2. The summed E-state index contributed by atoms with van der Waals surface area (Å²) in [6.45, 7) is 6.21. The van der Waals surface area contributed by atoms with Crippen molar-refractivity contribution in [2.24, 2.45) is 7.05 Å². The van der Waals surface area contributed by atoms with Crippen LogP contribution in [-0.2, 0) is 7.05 Å². The summed E-state index contributed by atoms with van der Waals surface area (Å²) in [6.07, 6.45) is 6.26. The molecule has 6 aromatic rings. The number of allylic oxidation sites excluding steroid dienone is 1. The van der Waals surface area contributed by atoms with Crippen molar-refractivity contribution >= 4 is 44.9 Å². The minimum absolute atomic E-state index is 1.11. The van der Waals surface area contributed by atoms with E-state index >= 15 is 0 Å². The Kier molecular flexibility index (Phi) is 4.74. The number of nitrogens with zero attached hydrogens (tertiary/aromatic N) is 2. The topological polar surface area (TPSA) is 9.86 Å². The van der Waals surface area contributed by atoms with Crippen LogP contribution in [-0.4, -0.2) is 9.13 Å². The third-order valence-corrected chi connectivity index (χ3v) is 6.83. The lowest BCUT2D eigenvalue weighted by Gasteiger charge is -2.09. The van der Waals surface area contributed by atoms with Gasteiger partial charge in [-0.1, -0.05) is 67.3 Å². The largest absolute Gasteiger partial charge is 0.344 e. The van der Waals surface area contributed by atoms with Gasteiger partial charge in [0.2, 0.25) is 0 Å². The standard InChI is InChI=1S/C32H26N2/c1-4-11-25-28-21-23(17-19-32(28)34(29(25)5-2)24-12-7-6-8-13-24)22-16-18-31-27(20-22)26-14-9-10-15-30(26)33(31)3/h4-21H,2H2,1,3H3/b11-4-. The molecule has 0 aliphatic heterocycles. The molecule has 34 heavy (non-hydrogen) atoms. The summed E-state index contributed by atoms with van der Waals surface area (Å²) in [7, 11) is 2.14. The number of fused-ring (bicyclic) bond motifs is 4. The van der Waals surface area contributed by atoms with E-state index in [9.17, 15) is 0 Å². The summed E-state index contributed by atoms with van der Waals surface area (Å²) < 4.78 is 4.58. The summed E-state index contributed by atoms with van der Waals surface area (Å²) in [5.41, 5.74) is 9.59. The zero-order valence-electron chi connectivity index (χ0n) is 19.5. The number of para-hydroxylation sites is 2. The van der Waals surface area contributed by atoms with Gasteiger partial charge in [-0.25, -0.2) is 0 Å². The van der Waals surface area contributed by atoms with E-state index in [1.807, 2.05) is 6.08 Å². The average molecular weight is 439 g/mol. The van der Waals surface area contributed by atoms with Crippen molar-refractivity contribution in [1.82, 2.24) is 9.13 Å². The Labute approximate surface area is 199 Å². The van der Waals surface area contributed by atoms with Gasteiger partial charge in [-0.2, -0.15) is 0 Å². The molecule has 0 unspecified atom stereocenters. The molecule has 0 saturated carbocycles. The van der Waals surface area contributed by atoms with Gasteiger partial charge in [-0.3, -0.25) is 0 Å². The second-order valence-electron chi connectivity index (χ2n) is 8.71. The van der Waals surface area contributed by atoms with Crippen LogP contribution in [0.1, 0.15) is 18.2 Å². The second kappa shape index (κ2) is 7.93. The van der Waals surface area contributed by atoms with E-state index in [1.165, 1.54) is 49.4 Å². The van der Waals surface area contributed by atoms with Gasteiger partial charge in [0.05, 0.1) is 11.2 Å². The van der Waals surface area contributed by atoms with Crippen LogP contribution in [0.25, 0.3) is 61.7 Å². The van der Waals surface area contributed by atoms with Crippen molar-refractivity contribution in [3.63, 3.8) is 0 Å². The Hall–Kier alpha value is -4.30. The lowest BCUT2D eigenvalue weighted by atomic mass is 10.00. The van der Waals surface area contributed by atoms with Crippen molar-refractivity contribution in [2.45, 2.75) is 6.92 Å². The van der Waals surface area contributed by atoms with Crippen LogP contribution in [0.15, 0.2) is 104 Å². The van der Waals surface area contributed by atoms with Crippen molar-refractivity contribution in [2.75, 3.05) is 0 Å². The Morgan fingerprint density at radius 3 is 2.06 bits per heavy atom. The number of benzene rings is 4. The SMILES string of the molecule is C=Cc1c(/C=C\C)c2cc(-c3ccc4c(c3)c3ccccc3n4C)ccc2n1-c1ccccc1. The van der Waals surface area contributed by atoms with E-state index in [-0.39, 0.29) is 0 Å². The van der Waals surface area contributed by atoms with E-state index in [0.717, 1.165) is 11.4 Å². The fourth-order valence-corrected chi connectivity index (χ4v) is 5.26. The number of aryl methyl sites for hydroxylation is 1. The van der Waals surface area contributed by atoms with Crippen LogP contribution in [0.5, 0.6) is 0 Å². The van der Waals surface area contributed by atoms with E-state index in [0.29, 0.717) is 0 Å². The Bertz CT molecular complexity index is 1730. The van der Waals surface area contributed by atoms with Crippen LogP contribution >= 0.6 is 0 Å². The van der Waals surface area contributed by atoms with Crippen molar-refractivity contribution in [3.05, 3.63) is 115 Å². The van der Waals surface area contributed by atoms with Gasteiger partial charge in [-0.05, 0) is 66.6 Å². The van der Waals surface area contributed by atoms with Gasteiger partial charge in [0, 0.05) is 45.5 Å². The maximum atomic E-state index is 4.14. The first-order chi connectivity index (χ1) is 16.7. The summed E-state index contributed by atoms with van der Waals surface area (Å²) >= 11 is 0. The maximum Gasteiger partial charge on any atom is 0.0541 e. The first-order valence-electron chi connectivity index (χ1n) is 11.7. The first kappa shape index (κ1) is 20.3. The molecule has 0 amide bonds. The van der Waals surface area contributed by atoms with E-state index in [4.69, 9.17) is 0 Å².